The number of benzene rings is 1. The second-order valence-electron chi connectivity index (χ2n) is 7.97. The lowest BCUT2D eigenvalue weighted by atomic mass is 9.75. The third-order valence-corrected chi connectivity index (χ3v) is 4.36. The van der Waals surface area contributed by atoms with Gasteiger partial charge in [0.25, 0.3) is 0 Å². The Morgan fingerprint density at radius 1 is 1.14 bits per heavy atom. The molecule has 1 aromatic rings. The van der Waals surface area contributed by atoms with Crippen molar-refractivity contribution in [1.82, 2.24) is 10.6 Å². The second-order valence-corrected chi connectivity index (χ2v) is 7.97. The van der Waals surface area contributed by atoms with Crippen LogP contribution in [-0.4, -0.2) is 23.5 Å². The van der Waals surface area contributed by atoms with E-state index in [4.69, 9.17) is 0 Å². The molecule has 3 heteroatoms. The molecule has 1 aliphatic heterocycles. The highest BCUT2D eigenvalue weighted by atomic mass is 16.1. The van der Waals surface area contributed by atoms with Crippen molar-refractivity contribution in [3.05, 3.63) is 35.9 Å². The second kappa shape index (κ2) is 6.82. The Labute approximate surface area is 134 Å². The number of nitrogens with one attached hydrogen (secondary N) is 2. The predicted octanol–water partition coefficient (Wildman–Crippen LogP) is 3.29. The summed E-state index contributed by atoms with van der Waals surface area (Å²) in [6.07, 6.45) is 3.88. The van der Waals surface area contributed by atoms with Gasteiger partial charge in [-0.3, -0.25) is 4.79 Å². The van der Waals surface area contributed by atoms with E-state index >= 15 is 0 Å². The number of hydrogen-bond donors (Lipinski definition) is 2. The Bertz CT molecular complexity index is 477. The number of hydrogen-bond acceptors (Lipinski definition) is 2. The minimum absolute atomic E-state index is 0.124. The van der Waals surface area contributed by atoms with Crippen LogP contribution in [-0.2, 0) is 11.2 Å². The topological polar surface area (TPSA) is 41.1 Å². The lowest BCUT2D eigenvalue weighted by Crippen LogP contribution is -2.58. The van der Waals surface area contributed by atoms with Crippen LogP contribution in [0, 0.1) is 5.92 Å². The number of piperidine rings is 1. The smallest absolute Gasteiger partial charge is 0.224 e. The van der Waals surface area contributed by atoms with E-state index in [2.05, 4.69) is 38.3 Å². The first kappa shape index (κ1) is 17.0. The van der Waals surface area contributed by atoms with E-state index in [1.54, 1.807) is 0 Å². The van der Waals surface area contributed by atoms with Crippen LogP contribution < -0.4 is 10.6 Å². The fourth-order valence-electron chi connectivity index (χ4n) is 4.00. The summed E-state index contributed by atoms with van der Waals surface area (Å²) in [6, 6.07) is 9.92. The molecule has 1 saturated heterocycles. The molecule has 0 radical (unpaired) electrons. The number of carbonyl (C=O) groups is 1. The van der Waals surface area contributed by atoms with E-state index in [0.717, 1.165) is 18.5 Å². The molecule has 2 N–H and O–H groups in total. The van der Waals surface area contributed by atoms with Gasteiger partial charge in [0.05, 0.1) is 6.42 Å². The summed E-state index contributed by atoms with van der Waals surface area (Å²) in [7, 11) is 0. The third-order valence-electron chi connectivity index (χ3n) is 4.36. The van der Waals surface area contributed by atoms with Gasteiger partial charge in [-0.05, 0) is 58.4 Å². The molecule has 1 fully saturated rings. The average Bonchev–Trinajstić information content (AvgIpc) is 2.36. The Balaban J connectivity index is 1.75. The van der Waals surface area contributed by atoms with E-state index < -0.39 is 0 Å². The maximum atomic E-state index is 12.0. The first-order valence-corrected chi connectivity index (χ1v) is 8.36. The molecule has 0 bridgehead atoms. The van der Waals surface area contributed by atoms with E-state index in [-0.39, 0.29) is 17.0 Å². The van der Waals surface area contributed by atoms with Crippen LogP contribution in [0.25, 0.3) is 0 Å². The average molecular weight is 302 g/mol. The van der Waals surface area contributed by atoms with Gasteiger partial charge >= 0.3 is 0 Å². The van der Waals surface area contributed by atoms with Crippen molar-refractivity contribution in [3.63, 3.8) is 0 Å². The van der Waals surface area contributed by atoms with Crippen molar-refractivity contribution in [3.8, 4) is 0 Å². The van der Waals surface area contributed by atoms with Crippen LogP contribution >= 0.6 is 0 Å². The van der Waals surface area contributed by atoms with Crippen LogP contribution in [0.15, 0.2) is 30.3 Å². The monoisotopic (exact) mass is 302 g/mol. The molecule has 0 unspecified atom stereocenters. The molecule has 0 atom stereocenters. The highest BCUT2D eigenvalue weighted by Gasteiger charge is 2.37. The van der Waals surface area contributed by atoms with Gasteiger partial charge in [0, 0.05) is 17.6 Å². The van der Waals surface area contributed by atoms with Crippen molar-refractivity contribution < 1.29 is 4.79 Å². The summed E-state index contributed by atoms with van der Waals surface area (Å²) in [4.78, 5) is 12.0. The molecule has 1 aliphatic rings. The molecule has 0 aliphatic carbocycles. The van der Waals surface area contributed by atoms with Crippen LogP contribution in [0.4, 0.5) is 0 Å². The summed E-state index contributed by atoms with van der Waals surface area (Å²) in [6.45, 7) is 9.87. The highest BCUT2D eigenvalue weighted by Crippen LogP contribution is 2.34. The Hall–Kier alpha value is -1.35. The van der Waals surface area contributed by atoms with Gasteiger partial charge in [0.2, 0.25) is 5.91 Å². The van der Waals surface area contributed by atoms with Gasteiger partial charge < -0.3 is 10.6 Å². The van der Waals surface area contributed by atoms with Crippen molar-refractivity contribution in [2.45, 2.75) is 64.5 Å². The molecule has 122 valence electrons. The van der Waals surface area contributed by atoms with Crippen molar-refractivity contribution >= 4 is 5.91 Å². The van der Waals surface area contributed by atoms with Gasteiger partial charge in [-0.15, -0.1) is 0 Å². The maximum Gasteiger partial charge on any atom is 0.224 e. The third kappa shape index (κ3) is 5.45. The van der Waals surface area contributed by atoms with Crippen LogP contribution in [0.2, 0.25) is 0 Å². The molecular formula is C19H30N2O. The number of amides is 1. The lowest BCUT2D eigenvalue weighted by Gasteiger charge is -2.46. The molecule has 1 amide bonds. The minimum Gasteiger partial charge on any atom is -0.356 e. The van der Waals surface area contributed by atoms with Gasteiger partial charge in [-0.2, -0.15) is 0 Å². The minimum atomic E-state index is 0.124. The van der Waals surface area contributed by atoms with Gasteiger partial charge in [0.15, 0.2) is 0 Å². The van der Waals surface area contributed by atoms with Crippen LogP contribution in [0.5, 0.6) is 0 Å². The summed E-state index contributed by atoms with van der Waals surface area (Å²) in [5, 5.41) is 6.78. The molecule has 0 saturated carbocycles. The van der Waals surface area contributed by atoms with E-state index in [1.165, 1.54) is 12.8 Å². The van der Waals surface area contributed by atoms with E-state index in [9.17, 15) is 4.79 Å². The molecule has 0 spiro atoms. The summed E-state index contributed by atoms with van der Waals surface area (Å²) < 4.78 is 0. The summed E-state index contributed by atoms with van der Waals surface area (Å²) >= 11 is 0. The fourth-order valence-corrected chi connectivity index (χ4v) is 4.00. The highest BCUT2D eigenvalue weighted by molar-refractivity contribution is 5.78. The normalized spacial score (nSPS) is 20.5. The van der Waals surface area contributed by atoms with Crippen molar-refractivity contribution in [2.24, 2.45) is 5.92 Å². The largest absolute Gasteiger partial charge is 0.356 e. The zero-order valence-corrected chi connectivity index (χ0v) is 14.4. The molecule has 3 nitrogen and oxygen atoms in total. The van der Waals surface area contributed by atoms with Crippen molar-refractivity contribution in [1.29, 1.82) is 0 Å². The van der Waals surface area contributed by atoms with Crippen LogP contribution in [0.3, 0.4) is 0 Å². The van der Waals surface area contributed by atoms with Gasteiger partial charge in [-0.1, -0.05) is 30.3 Å². The molecule has 2 rings (SSSR count). The first-order chi connectivity index (χ1) is 10.3. The number of rotatable bonds is 5. The Kier molecular flexibility index (Phi) is 5.28. The van der Waals surface area contributed by atoms with Gasteiger partial charge in [0.1, 0.15) is 0 Å². The molecule has 0 aromatic heterocycles. The molecule has 22 heavy (non-hydrogen) atoms. The maximum absolute atomic E-state index is 12.0. The van der Waals surface area contributed by atoms with Crippen LogP contribution in [0.1, 0.15) is 52.5 Å². The quantitative estimate of drug-likeness (QED) is 0.876. The number of carbonyl (C=O) groups excluding carboxylic acids is 1. The first-order valence-electron chi connectivity index (χ1n) is 8.36. The zero-order valence-electron chi connectivity index (χ0n) is 14.4. The standard InChI is InChI=1S/C19H30N2O/c1-18(2)13-16(14-19(3,4)21-18)10-11-20-17(22)12-15-8-6-5-7-9-15/h5-9,16,21H,10-14H2,1-4H3,(H,20,22). The van der Waals surface area contributed by atoms with E-state index in [0.29, 0.717) is 12.3 Å². The zero-order chi connectivity index (χ0) is 16.2. The van der Waals surface area contributed by atoms with Crippen molar-refractivity contribution in [2.75, 3.05) is 6.54 Å². The summed E-state index contributed by atoms with van der Waals surface area (Å²) in [5.41, 5.74) is 1.44. The van der Waals surface area contributed by atoms with Gasteiger partial charge in [-0.25, -0.2) is 0 Å². The Morgan fingerprint density at radius 3 is 2.32 bits per heavy atom. The lowest BCUT2D eigenvalue weighted by molar-refractivity contribution is -0.120. The Morgan fingerprint density at radius 2 is 1.73 bits per heavy atom. The fraction of sp³-hybridized carbons (Fsp3) is 0.632. The molecule has 1 aromatic carbocycles. The van der Waals surface area contributed by atoms with E-state index in [1.807, 2.05) is 30.3 Å². The SMILES string of the molecule is CC1(C)CC(CCNC(=O)Cc2ccccc2)CC(C)(C)N1. The predicted molar refractivity (Wildman–Crippen MR) is 91.8 cm³/mol. The molecular weight excluding hydrogens is 272 g/mol. The summed E-state index contributed by atoms with van der Waals surface area (Å²) in [5.74, 6) is 0.793. The molecule has 1 heterocycles.